The highest BCUT2D eigenvalue weighted by Gasteiger charge is 2.23. The number of carbonyl (C=O) groups excluding carboxylic acids is 1. The van der Waals surface area contributed by atoms with Crippen molar-refractivity contribution in [3.63, 3.8) is 0 Å². The molecule has 0 saturated carbocycles. The number of guanidine groups is 1. The molecule has 2 heterocycles. The van der Waals surface area contributed by atoms with Crippen LogP contribution in [0.15, 0.2) is 4.99 Å². The lowest BCUT2D eigenvalue weighted by molar-refractivity contribution is -0.121. The summed E-state index contributed by atoms with van der Waals surface area (Å²) in [7, 11) is 1.72. The van der Waals surface area contributed by atoms with Crippen LogP contribution in [0.25, 0.3) is 0 Å². The van der Waals surface area contributed by atoms with E-state index in [-0.39, 0.29) is 5.91 Å². The lowest BCUT2D eigenvalue weighted by Gasteiger charge is -2.34. The van der Waals surface area contributed by atoms with E-state index in [1.807, 2.05) is 0 Å². The SMILES string of the molecule is CCNC(=NCC(C)CN1CCCC1)N1CCC(CC(=O)NC)CC1. The number of likely N-dealkylation sites (tertiary alicyclic amines) is 2. The van der Waals surface area contributed by atoms with Gasteiger partial charge < -0.3 is 20.4 Å². The van der Waals surface area contributed by atoms with Crippen LogP contribution in [0.5, 0.6) is 0 Å². The average Bonchev–Trinajstić information content (AvgIpc) is 3.12. The first-order valence-corrected chi connectivity index (χ1v) is 10.1. The Balaban J connectivity index is 1.79. The average molecular weight is 352 g/mol. The lowest BCUT2D eigenvalue weighted by Crippen LogP contribution is -2.46. The monoisotopic (exact) mass is 351 g/mol. The molecule has 0 spiro atoms. The fourth-order valence-electron chi connectivity index (χ4n) is 3.84. The molecule has 2 aliphatic heterocycles. The van der Waals surface area contributed by atoms with E-state index in [2.05, 4.69) is 34.3 Å². The molecule has 2 rings (SSSR count). The van der Waals surface area contributed by atoms with Gasteiger partial charge in [0.25, 0.3) is 0 Å². The van der Waals surface area contributed by atoms with E-state index in [9.17, 15) is 4.79 Å². The fourth-order valence-corrected chi connectivity index (χ4v) is 3.84. The van der Waals surface area contributed by atoms with Gasteiger partial charge >= 0.3 is 0 Å². The predicted molar refractivity (Wildman–Crippen MR) is 104 cm³/mol. The van der Waals surface area contributed by atoms with Crippen LogP contribution in [0.3, 0.4) is 0 Å². The topological polar surface area (TPSA) is 60.0 Å². The van der Waals surface area contributed by atoms with Crippen molar-refractivity contribution in [2.75, 3.05) is 52.9 Å². The Hall–Kier alpha value is -1.30. The Morgan fingerprint density at radius 2 is 1.88 bits per heavy atom. The van der Waals surface area contributed by atoms with Crippen molar-refractivity contribution in [1.29, 1.82) is 0 Å². The molecule has 0 aromatic rings. The summed E-state index contributed by atoms with van der Waals surface area (Å²) in [6.07, 6.45) is 5.50. The zero-order valence-electron chi connectivity index (χ0n) is 16.4. The molecule has 0 radical (unpaired) electrons. The zero-order chi connectivity index (χ0) is 18.1. The number of hydrogen-bond acceptors (Lipinski definition) is 3. The van der Waals surface area contributed by atoms with Gasteiger partial charge in [-0.25, -0.2) is 0 Å². The molecule has 0 aliphatic carbocycles. The summed E-state index contributed by atoms with van der Waals surface area (Å²) in [6.45, 7) is 11.9. The maximum atomic E-state index is 11.6. The number of rotatable bonds is 7. The third-order valence-corrected chi connectivity index (χ3v) is 5.32. The van der Waals surface area contributed by atoms with Crippen molar-refractivity contribution in [2.24, 2.45) is 16.8 Å². The van der Waals surface area contributed by atoms with E-state index in [4.69, 9.17) is 4.99 Å². The lowest BCUT2D eigenvalue weighted by atomic mass is 9.93. The van der Waals surface area contributed by atoms with Crippen LogP contribution in [0.1, 0.15) is 46.0 Å². The molecule has 6 heteroatoms. The Kier molecular flexibility index (Phi) is 8.52. The number of carbonyl (C=O) groups is 1. The predicted octanol–water partition coefficient (Wildman–Crippen LogP) is 1.53. The van der Waals surface area contributed by atoms with Gasteiger partial charge in [-0.2, -0.15) is 0 Å². The molecule has 0 aromatic carbocycles. The summed E-state index contributed by atoms with van der Waals surface area (Å²) in [4.78, 5) is 21.4. The van der Waals surface area contributed by atoms with E-state index in [1.165, 1.54) is 25.9 Å². The van der Waals surface area contributed by atoms with E-state index in [0.717, 1.165) is 51.5 Å². The fraction of sp³-hybridized carbons (Fsp3) is 0.895. The standard InChI is InChI=1S/C19H37N5O/c1-4-21-19(22-14-16(2)15-23-9-5-6-10-23)24-11-7-17(8-12-24)13-18(25)20-3/h16-17H,4-15H2,1-3H3,(H,20,25)(H,21,22). The van der Waals surface area contributed by atoms with Crippen molar-refractivity contribution in [3.05, 3.63) is 0 Å². The zero-order valence-corrected chi connectivity index (χ0v) is 16.4. The summed E-state index contributed by atoms with van der Waals surface area (Å²) in [6, 6.07) is 0. The quantitative estimate of drug-likeness (QED) is 0.539. The van der Waals surface area contributed by atoms with Gasteiger partial charge in [0.2, 0.25) is 5.91 Å². The first-order chi connectivity index (χ1) is 12.1. The summed E-state index contributed by atoms with van der Waals surface area (Å²) in [5, 5.41) is 6.19. The van der Waals surface area contributed by atoms with E-state index >= 15 is 0 Å². The molecule has 1 atom stereocenters. The number of hydrogen-bond donors (Lipinski definition) is 2. The molecule has 2 fully saturated rings. The van der Waals surface area contributed by atoms with Crippen LogP contribution in [-0.4, -0.2) is 74.5 Å². The van der Waals surface area contributed by atoms with Gasteiger partial charge in [-0.15, -0.1) is 0 Å². The maximum absolute atomic E-state index is 11.6. The second-order valence-electron chi connectivity index (χ2n) is 7.62. The minimum atomic E-state index is 0.162. The van der Waals surface area contributed by atoms with Gasteiger partial charge in [0.1, 0.15) is 0 Å². The van der Waals surface area contributed by atoms with Crippen molar-refractivity contribution in [3.8, 4) is 0 Å². The van der Waals surface area contributed by atoms with E-state index in [0.29, 0.717) is 18.3 Å². The number of aliphatic imine (C=N–C) groups is 1. The van der Waals surface area contributed by atoms with Crippen LogP contribution >= 0.6 is 0 Å². The summed E-state index contributed by atoms with van der Waals surface area (Å²) >= 11 is 0. The van der Waals surface area contributed by atoms with Crippen molar-refractivity contribution in [2.45, 2.75) is 46.0 Å². The van der Waals surface area contributed by atoms with Crippen molar-refractivity contribution >= 4 is 11.9 Å². The van der Waals surface area contributed by atoms with Crippen LogP contribution in [0.4, 0.5) is 0 Å². The van der Waals surface area contributed by atoms with E-state index in [1.54, 1.807) is 7.05 Å². The third-order valence-electron chi connectivity index (χ3n) is 5.32. The van der Waals surface area contributed by atoms with Crippen LogP contribution in [-0.2, 0) is 4.79 Å². The molecule has 2 saturated heterocycles. The van der Waals surface area contributed by atoms with Crippen LogP contribution < -0.4 is 10.6 Å². The minimum absolute atomic E-state index is 0.162. The molecule has 0 bridgehead atoms. The Labute approximate surface area is 153 Å². The van der Waals surface area contributed by atoms with Gasteiger partial charge in [-0.3, -0.25) is 9.79 Å². The third kappa shape index (κ3) is 6.84. The van der Waals surface area contributed by atoms with Crippen molar-refractivity contribution in [1.82, 2.24) is 20.4 Å². The molecule has 144 valence electrons. The Morgan fingerprint density at radius 1 is 1.20 bits per heavy atom. The largest absolute Gasteiger partial charge is 0.359 e. The highest BCUT2D eigenvalue weighted by molar-refractivity contribution is 5.80. The highest BCUT2D eigenvalue weighted by atomic mass is 16.1. The maximum Gasteiger partial charge on any atom is 0.220 e. The van der Waals surface area contributed by atoms with Gasteiger partial charge in [-0.05, 0) is 57.5 Å². The summed E-state index contributed by atoms with van der Waals surface area (Å²) in [5.74, 6) is 2.31. The van der Waals surface area contributed by atoms with Crippen molar-refractivity contribution < 1.29 is 4.79 Å². The number of piperidine rings is 1. The number of amides is 1. The normalized spacial score (nSPS) is 21.4. The number of nitrogens with zero attached hydrogens (tertiary/aromatic N) is 3. The van der Waals surface area contributed by atoms with Gasteiger partial charge in [0, 0.05) is 46.2 Å². The smallest absolute Gasteiger partial charge is 0.220 e. The Morgan fingerprint density at radius 3 is 2.48 bits per heavy atom. The highest BCUT2D eigenvalue weighted by Crippen LogP contribution is 2.20. The molecule has 6 nitrogen and oxygen atoms in total. The van der Waals surface area contributed by atoms with Crippen LogP contribution in [0.2, 0.25) is 0 Å². The van der Waals surface area contributed by atoms with Gasteiger partial charge in [-0.1, -0.05) is 6.92 Å². The Bertz CT molecular complexity index is 426. The molecule has 2 aliphatic rings. The first kappa shape index (κ1) is 20.0. The molecular formula is C19H37N5O. The summed E-state index contributed by atoms with van der Waals surface area (Å²) < 4.78 is 0. The molecule has 2 N–H and O–H groups in total. The second kappa shape index (κ2) is 10.6. The second-order valence-corrected chi connectivity index (χ2v) is 7.62. The van der Waals surface area contributed by atoms with Gasteiger partial charge in [0.15, 0.2) is 5.96 Å². The minimum Gasteiger partial charge on any atom is -0.359 e. The van der Waals surface area contributed by atoms with E-state index < -0.39 is 0 Å². The summed E-state index contributed by atoms with van der Waals surface area (Å²) in [5.41, 5.74) is 0. The molecule has 1 amide bonds. The first-order valence-electron chi connectivity index (χ1n) is 10.1. The molecular weight excluding hydrogens is 314 g/mol. The molecule has 25 heavy (non-hydrogen) atoms. The molecule has 1 unspecified atom stereocenters. The molecule has 0 aromatic heterocycles. The number of nitrogens with one attached hydrogen (secondary N) is 2. The van der Waals surface area contributed by atoms with Crippen LogP contribution in [0, 0.1) is 11.8 Å². The van der Waals surface area contributed by atoms with Gasteiger partial charge in [0.05, 0.1) is 0 Å².